The Morgan fingerprint density at radius 3 is 2.48 bits per heavy atom. The molecule has 1 fully saturated rings. The third kappa shape index (κ3) is 4.57. The number of hydrogen-bond acceptors (Lipinski definition) is 7. The SMILES string of the molecule is CCOc1ccc(N2CCN(Cc3ncc(C(F)(F)F)s3)CC2)nn1. The molecule has 1 aliphatic heterocycles. The van der Waals surface area contributed by atoms with Crippen LogP contribution in [0.4, 0.5) is 19.0 Å². The molecule has 0 bridgehead atoms. The molecule has 0 aliphatic carbocycles. The van der Waals surface area contributed by atoms with E-state index < -0.39 is 11.1 Å². The first-order valence-corrected chi connectivity index (χ1v) is 8.73. The van der Waals surface area contributed by atoms with Crippen LogP contribution in [-0.4, -0.2) is 52.9 Å². The van der Waals surface area contributed by atoms with Gasteiger partial charge in [0.05, 0.1) is 19.3 Å². The fourth-order valence-electron chi connectivity index (χ4n) is 2.55. The summed E-state index contributed by atoms with van der Waals surface area (Å²) in [7, 11) is 0. The second-order valence-electron chi connectivity index (χ2n) is 5.54. The molecular formula is C15H18F3N5OS. The molecule has 1 aliphatic rings. The molecule has 25 heavy (non-hydrogen) atoms. The zero-order valence-corrected chi connectivity index (χ0v) is 14.5. The molecule has 0 amide bonds. The van der Waals surface area contributed by atoms with Gasteiger partial charge in [-0.2, -0.15) is 13.2 Å². The summed E-state index contributed by atoms with van der Waals surface area (Å²) in [6.07, 6.45) is -3.41. The van der Waals surface area contributed by atoms with E-state index in [-0.39, 0.29) is 0 Å². The summed E-state index contributed by atoms with van der Waals surface area (Å²) in [4.78, 5) is 7.43. The number of thiazole rings is 1. The number of ether oxygens (including phenoxy) is 1. The van der Waals surface area contributed by atoms with Gasteiger partial charge in [-0.3, -0.25) is 4.90 Å². The van der Waals surface area contributed by atoms with E-state index >= 15 is 0 Å². The molecule has 6 nitrogen and oxygen atoms in total. The van der Waals surface area contributed by atoms with Gasteiger partial charge in [-0.25, -0.2) is 4.98 Å². The zero-order valence-electron chi connectivity index (χ0n) is 13.7. The average Bonchev–Trinajstić information content (AvgIpc) is 3.06. The number of alkyl halides is 3. The lowest BCUT2D eigenvalue weighted by Crippen LogP contribution is -2.46. The first-order valence-electron chi connectivity index (χ1n) is 7.91. The molecule has 2 aromatic heterocycles. The van der Waals surface area contributed by atoms with Gasteiger partial charge >= 0.3 is 6.18 Å². The predicted molar refractivity (Wildman–Crippen MR) is 87.8 cm³/mol. The largest absolute Gasteiger partial charge is 0.477 e. The van der Waals surface area contributed by atoms with Gasteiger partial charge in [-0.05, 0) is 13.0 Å². The van der Waals surface area contributed by atoms with Crippen LogP contribution in [0.5, 0.6) is 5.88 Å². The Bertz CT molecular complexity index is 683. The van der Waals surface area contributed by atoms with Gasteiger partial charge in [-0.15, -0.1) is 21.5 Å². The molecule has 10 heteroatoms. The second kappa shape index (κ2) is 7.52. The standard InChI is InChI=1S/C15H18F3N5OS/c1-2-24-13-4-3-12(20-21-13)23-7-5-22(6-8-23)10-14-19-9-11(25-14)15(16,17)18/h3-4,9H,2,5-8,10H2,1H3. The maximum Gasteiger partial charge on any atom is 0.427 e. The Morgan fingerprint density at radius 2 is 1.92 bits per heavy atom. The number of aromatic nitrogens is 3. The highest BCUT2D eigenvalue weighted by Crippen LogP contribution is 2.33. The summed E-state index contributed by atoms with van der Waals surface area (Å²) >= 11 is 0.709. The maximum absolute atomic E-state index is 12.6. The van der Waals surface area contributed by atoms with Crippen LogP contribution in [0.1, 0.15) is 16.8 Å². The number of halogens is 3. The van der Waals surface area contributed by atoms with Crippen molar-refractivity contribution in [2.45, 2.75) is 19.6 Å². The van der Waals surface area contributed by atoms with Crippen LogP contribution in [0.3, 0.4) is 0 Å². The number of nitrogens with zero attached hydrogens (tertiary/aromatic N) is 5. The summed E-state index contributed by atoms with van der Waals surface area (Å²) in [6.45, 7) is 5.80. The summed E-state index contributed by atoms with van der Waals surface area (Å²) in [5, 5.41) is 8.66. The van der Waals surface area contributed by atoms with Crippen LogP contribution in [0, 0.1) is 0 Å². The Balaban J connectivity index is 1.52. The van der Waals surface area contributed by atoms with Crippen molar-refractivity contribution in [2.75, 3.05) is 37.7 Å². The summed E-state index contributed by atoms with van der Waals surface area (Å²) in [5.41, 5.74) is 0. The molecule has 0 N–H and O–H groups in total. The highest BCUT2D eigenvalue weighted by atomic mass is 32.1. The van der Waals surface area contributed by atoms with Crippen molar-refractivity contribution < 1.29 is 17.9 Å². The van der Waals surface area contributed by atoms with E-state index in [2.05, 4.69) is 25.0 Å². The van der Waals surface area contributed by atoms with Gasteiger partial charge in [0.25, 0.3) is 0 Å². The van der Waals surface area contributed by atoms with Crippen LogP contribution in [0.2, 0.25) is 0 Å². The van der Waals surface area contributed by atoms with Crippen molar-refractivity contribution in [3.63, 3.8) is 0 Å². The van der Waals surface area contributed by atoms with Gasteiger partial charge in [-0.1, -0.05) is 0 Å². The molecule has 0 unspecified atom stereocenters. The zero-order chi connectivity index (χ0) is 17.9. The molecule has 1 saturated heterocycles. The highest BCUT2D eigenvalue weighted by molar-refractivity contribution is 7.11. The minimum atomic E-state index is -4.32. The smallest absolute Gasteiger partial charge is 0.427 e. The van der Waals surface area contributed by atoms with Gasteiger partial charge in [0.2, 0.25) is 5.88 Å². The van der Waals surface area contributed by atoms with Crippen molar-refractivity contribution in [3.05, 3.63) is 28.2 Å². The second-order valence-corrected chi connectivity index (χ2v) is 6.66. The fraction of sp³-hybridized carbons (Fsp3) is 0.533. The van der Waals surface area contributed by atoms with E-state index in [4.69, 9.17) is 4.74 Å². The average molecular weight is 373 g/mol. The predicted octanol–water partition coefficient (Wildman–Crippen LogP) is 2.67. The molecule has 0 aromatic carbocycles. The molecular weight excluding hydrogens is 355 g/mol. The molecule has 136 valence electrons. The number of hydrogen-bond donors (Lipinski definition) is 0. The minimum Gasteiger partial charge on any atom is -0.477 e. The van der Waals surface area contributed by atoms with Crippen LogP contribution in [-0.2, 0) is 12.7 Å². The molecule has 0 atom stereocenters. The Morgan fingerprint density at radius 1 is 1.16 bits per heavy atom. The first-order chi connectivity index (χ1) is 12.0. The van der Waals surface area contributed by atoms with Crippen LogP contribution < -0.4 is 9.64 Å². The van der Waals surface area contributed by atoms with E-state index in [0.29, 0.717) is 35.4 Å². The van der Waals surface area contributed by atoms with Crippen molar-refractivity contribution in [1.29, 1.82) is 0 Å². The monoisotopic (exact) mass is 373 g/mol. The van der Waals surface area contributed by atoms with Crippen LogP contribution in [0.15, 0.2) is 18.3 Å². The van der Waals surface area contributed by atoms with E-state index in [1.165, 1.54) is 0 Å². The number of piperazine rings is 1. The third-order valence-electron chi connectivity index (χ3n) is 3.81. The maximum atomic E-state index is 12.6. The van der Waals surface area contributed by atoms with E-state index in [9.17, 15) is 13.2 Å². The first kappa shape index (κ1) is 17.9. The molecule has 2 aromatic rings. The lowest BCUT2D eigenvalue weighted by Gasteiger charge is -2.34. The molecule has 0 saturated carbocycles. The minimum absolute atomic E-state index is 0.434. The summed E-state index contributed by atoms with van der Waals surface area (Å²) in [6, 6.07) is 3.65. The summed E-state index contributed by atoms with van der Waals surface area (Å²) in [5.74, 6) is 1.27. The number of rotatable bonds is 5. The topological polar surface area (TPSA) is 54.4 Å². The van der Waals surface area contributed by atoms with Gasteiger partial charge in [0, 0.05) is 32.2 Å². The Hall–Kier alpha value is -1.94. The molecule has 0 spiro atoms. The Labute approximate surface area is 147 Å². The lowest BCUT2D eigenvalue weighted by molar-refractivity contribution is -0.134. The molecule has 0 radical (unpaired) electrons. The van der Waals surface area contributed by atoms with Crippen molar-refractivity contribution in [1.82, 2.24) is 20.1 Å². The normalized spacial score (nSPS) is 16.2. The van der Waals surface area contributed by atoms with E-state index in [1.807, 2.05) is 13.0 Å². The van der Waals surface area contributed by atoms with Crippen molar-refractivity contribution in [3.8, 4) is 5.88 Å². The molecule has 3 rings (SSSR count). The van der Waals surface area contributed by atoms with Crippen LogP contribution in [0.25, 0.3) is 0 Å². The van der Waals surface area contributed by atoms with Crippen LogP contribution >= 0.6 is 11.3 Å². The van der Waals surface area contributed by atoms with Gasteiger partial charge in [0.1, 0.15) is 9.88 Å². The van der Waals surface area contributed by atoms with Crippen molar-refractivity contribution >= 4 is 17.2 Å². The fourth-order valence-corrected chi connectivity index (χ4v) is 3.37. The lowest BCUT2D eigenvalue weighted by atomic mass is 10.3. The van der Waals surface area contributed by atoms with Gasteiger partial charge < -0.3 is 9.64 Å². The third-order valence-corrected chi connectivity index (χ3v) is 4.83. The van der Waals surface area contributed by atoms with Crippen molar-refractivity contribution in [2.24, 2.45) is 0 Å². The van der Waals surface area contributed by atoms with Gasteiger partial charge in [0.15, 0.2) is 5.82 Å². The quantitative estimate of drug-likeness (QED) is 0.803. The highest BCUT2D eigenvalue weighted by Gasteiger charge is 2.33. The van der Waals surface area contributed by atoms with E-state index in [1.54, 1.807) is 6.07 Å². The summed E-state index contributed by atoms with van der Waals surface area (Å²) < 4.78 is 43.1. The number of anilines is 1. The Kier molecular flexibility index (Phi) is 5.38. The van der Waals surface area contributed by atoms with E-state index in [0.717, 1.165) is 38.2 Å². The molecule has 3 heterocycles.